The van der Waals surface area contributed by atoms with Crippen LogP contribution in [0.25, 0.3) is 0 Å². The van der Waals surface area contributed by atoms with Gasteiger partial charge >= 0.3 is 14.4 Å². The average molecular weight is 153 g/mol. The number of carbonyl (C=O) groups excluding carboxylic acids is 1. The Morgan fingerprint density at radius 3 is 2.67 bits per heavy atom. The van der Waals surface area contributed by atoms with Crippen LogP contribution in [0, 0.1) is 0 Å². The Labute approximate surface area is 52.5 Å². The summed E-state index contributed by atoms with van der Waals surface area (Å²) in [6.07, 6.45) is -1.12. The van der Waals surface area contributed by atoms with E-state index in [4.69, 9.17) is 4.89 Å². The predicted molar refractivity (Wildman–Crippen MR) is 27.9 cm³/mol. The van der Waals surface area contributed by atoms with Gasteiger partial charge in [0.2, 0.25) is 0 Å². The number of hydrogen-bond donors (Lipinski definition) is 1. The van der Waals surface area contributed by atoms with Crippen molar-refractivity contribution in [1.29, 1.82) is 0 Å². The van der Waals surface area contributed by atoms with Crippen LogP contribution in [0.5, 0.6) is 0 Å². The van der Waals surface area contributed by atoms with Gasteiger partial charge < -0.3 is 4.74 Å². The molecule has 0 heterocycles. The third-order valence-electron chi connectivity index (χ3n) is 0.415. The summed E-state index contributed by atoms with van der Waals surface area (Å²) in [5, 5.41) is 0. The molecule has 0 aliphatic heterocycles. The Hall–Kier alpha value is -0.670. The Kier molecular flexibility index (Phi) is 3.92. The highest BCUT2D eigenvalue weighted by Gasteiger charge is 2.20. The second-order valence-electron chi connectivity index (χ2n) is 1.01. The second kappa shape index (κ2) is 4.23. The molecule has 0 aromatic heterocycles. The summed E-state index contributed by atoms with van der Waals surface area (Å²) in [5.41, 5.74) is 0. The standard InChI is InChI=1S/C3H5O5P/c1-2-7-3(4)8-9(5)6/h2H2,1H3/p+1. The van der Waals surface area contributed by atoms with Crippen molar-refractivity contribution in [3.05, 3.63) is 0 Å². The quantitative estimate of drug-likeness (QED) is 0.469. The van der Waals surface area contributed by atoms with E-state index in [1.165, 1.54) is 0 Å². The average Bonchev–Trinajstić information content (AvgIpc) is 1.63. The van der Waals surface area contributed by atoms with Crippen molar-refractivity contribution in [2.45, 2.75) is 6.92 Å². The van der Waals surface area contributed by atoms with Crippen molar-refractivity contribution in [2.24, 2.45) is 0 Å². The summed E-state index contributed by atoms with van der Waals surface area (Å²) in [5.74, 6) is 0. The highest BCUT2D eigenvalue weighted by molar-refractivity contribution is 7.32. The summed E-state index contributed by atoms with van der Waals surface area (Å²) in [7, 11) is -2.88. The van der Waals surface area contributed by atoms with Crippen molar-refractivity contribution in [2.75, 3.05) is 6.61 Å². The lowest BCUT2D eigenvalue weighted by molar-refractivity contribution is 0.103. The van der Waals surface area contributed by atoms with Crippen LogP contribution in [0.3, 0.4) is 0 Å². The van der Waals surface area contributed by atoms with E-state index in [2.05, 4.69) is 9.26 Å². The van der Waals surface area contributed by atoms with Gasteiger partial charge in [0.15, 0.2) is 0 Å². The number of hydrogen-bond acceptors (Lipinski definition) is 4. The van der Waals surface area contributed by atoms with Gasteiger partial charge in [-0.15, -0.1) is 9.42 Å². The lowest BCUT2D eigenvalue weighted by Crippen LogP contribution is -2.01. The zero-order chi connectivity index (χ0) is 7.28. The maximum absolute atomic E-state index is 10.1. The topological polar surface area (TPSA) is 72.8 Å². The monoisotopic (exact) mass is 153 g/mol. The van der Waals surface area contributed by atoms with E-state index < -0.39 is 14.4 Å². The van der Waals surface area contributed by atoms with Gasteiger partial charge in [0.25, 0.3) is 0 Å². The molecule has 0 saturated carbocycles. The zero-order valence-corrected chi connectivity index (χ0v) is 5.63. The number of rotatable bonds is 2. The predicted octanol–water partition coefficient (Wildman–Crippen LogP) is 0.809. The molecule has 0 rings (SSSR count). The molecule has 0 saturated heterocycles. The lowest BCUT2D eigenvalue weighted by atomic mass is 10.9. The van der Waals surface area contributed by atoms with Gasteiger partial charge in [-0.2, -0.15) is 4.79 Å². The summed E-state index contributed by atoms with van der Waals surface area (Å²) in [6.45, 7) is 1.69. The Balaban J connectivity index is 3.39. The van der Waals surface area contributed by atoms with Crippen molar-refractivity contribution < 1.29 is 23.5 Å². The van der Waals surface area contributed by atoms with Gasteiger partial charge in [0, 0.05) is 4.57 Å². The number of ether oxygens (including phenoxy) is 1. The molecule has 52 valence electrons. The molecule has 1 unspecified atom stereocenters. The normalized spacial score (nSPS) is 10.2. The molecular weight excluding hydrogens is 147 g/mol. The third kappa shape index (κ3) is 5.20. The van der Waals surface area contributed by atoms with E-state index in [0.29, 0.717) is 0 Å². The van der Waals surface area contributed by atoms with Crippen molar-refractivity contribution >= 4 is 14.4 Å². The van der Waals surface area contributed by atoms with Crippen molar-refractivity contribution in [3.63, 3.8) is 0 Å². The van der Waals surface area contributed by atoms with Gasteiger partial charge in [-0.25, -0.2) is 0 Å². The first kappa shape index (κ1) is 8.33. The minimum atomic E-state index is -2.88. The van der Waals surface area contributed by atoms with Gasteiger partial charge in [-0.05, 0) is 6.92 Å². The molecule has 0 bridgehead atoms. The summed E-state index contributed by atoms with van der Waals surface area (Å²) >= 11 is 0. The molecule has 1 N–H and O–H groups in total. The van der Waals surface area contributed by atoms with E-state index in [9.17, 15) is 9.36 Å². The Morgan fingerprint density at radius 1 is 1.78 bits per heavy atom. The van der Waals surface area contributed by atoms with Gasteiger partial charge in [-0.3, -0.25) is 0 Å². The highest BCUT2D eigenvalue weighted by atomic mass is 31.1. The third-order valence-corrected chi connectivity index (χ3v) is 0.720. The van der Waals surface area contributed by atoms with E-state index >= 15 is 0 Å². The van der Waals surface area contributed by atoms with E-state index in [1.807, 2.05) is 0 Å². The van der Waals surface area contributed by atoms with Crippen LogP contribution in [0.1, 0.15) is 6.92 Å². The molecule has 0 aromatic rings. The maximum atomic E-state index is 10.1. The van der Waals surface area contributed by atoms with Crippen molar-refractivity contribution in [1.82, 2.24) is 0 Å². The highest BCUT2D eigenvalue weighted by Crippen LogP contribution is 2.14. The molecule has 0 radical (unpaired) electrons. The summed E-state index contributed by atoms with van der Waals surface area (Å²) in [4.78, 5) is 18.0. The SMILES string of the molecule is CCOC(=O)O[P+](=O)O. The first-order valence-corrected chi connectivity index (χ1v) is 3.30. The minimum absolute atomic E-state index is 0.127. The molecular formula is C3H6O5P+. The molecule has 9 heavy (non-hydrogen) atoms. The molecule has 0 aromatic carbocycles. The molecule has 0 spiro atoms. The van der Waals surface area contributed by atoms with E-state index in [-0.39, 0.29) is 6.61 Å². The molecule has 1 atom stereocenters. The van der Waals surface area contributed by atoms with Crippen LogP contribution < -0.4 is 0 Å². The van der Waals surface area contributed by atoms with Crippen LogP contribution >= 0.6 is 8.25 Å². The van der Waals surface area contributed by atoms with Gasteiger partial charge in [-0.1, -0.05) is 0 Å². The summed E-state index contributed by atoms with van der Waals surface area (Å²) < 4.78 is 17.6. The van der Waals surface area contributed by atoms with Gasteiger partial charge in [0.1, 0.15) is 0 Å². The molecule has 0 aliphatic carbocycles. The van der Waals surface area contributed by atoms with Crippen LogP contribution in [0.2, 0.25) is 0 Å². The molecule has 0 aliphatic rings. The first-order valence-electron chi connectivity index (χ1n) is 2.17. The van der Waals surface area contributed by atoms with Gasteiger partial charge in [0.05, 0.1) is 6.61 Å². The molecule has 6 heteroatoms. The Bertz CT molecular complexity index is 121. The first-order chi connectivity index (χ1) is 4.16. The van der Waals surface area contributed by atoms with Crippen molar-refractivity contribution in [3.8, 4) is 0 Å². The lowest BCUT2D eigenvalue weighted by Gasteiger charge is -1.89. The van der Waals surface area contributed by atoms with Crippen LogP contribution in [0.4, 0.5) is 4.79 Å². The minimum Gasteiger partial charge on any atom is -0.432 e. The Morgan fingerprint density at radius 2 is 2.33 bits per heavy atom. The smallest absolute Gasteiger partial charge is 0.432 e. The van der Waals surface area contributed by atoms with Crippen LogP contribution in [-0.4, -0.2) is 17.7 Å². The second-order valence-corrected chi connectivity index (χ2v) is 1.67. The van der Waals surface area contributed by atoms with Crippen LogP contribution in [0.15, 0.2) is 0 Å². The number of carbonyl (C=O) groups is 1. The van der Waals surface area contributed by atoms with E-state index in [0.717, 1.165) is 0 Å². The largest absolute Gasteiger partial charge is 0.753 e. The van der Waals surface area contributed by atoms with E-state index in [1.54, 1.807) is 6.92 Å². The molecule has 0 fully saturated rings. The van der Waals surface area contributed by atoms with Crippen LogP contribution in [-0.2, 0) is 13.8 Å². The summed E-state index contributed by atoms with van der Waals surface area (Å²) in [6, 6.07) is 0. The zero-order valence-electron chi connectivity index (χ0n) is 4.73. The molecule has 0 amide bonds. The fraction of sp³-hybridized carbons (Fsp3) is 0.667. The fourth-order valence-corrected chi connectivity index (χ4v) is 0.388. The maximum Gasteiger partial charge on any atom is 0.753 e. The fourth-order valence-electron chi connectivity index (χ4n) is 0.208. The molecule has 5 nitrogen and oxygen atoms in total.